The number of hydrogen-bond acceptors (Lipinski definition) is 3. The van der Waals surface area contributed by atoms with Crippen LogP contribution in [-0.4, -0.2) is 24.7 Å². The Hall–Kier alpha value is -1.62. The van der Waals surface area contributed by atoms with Crippen molar-refractivity contribution in [1.29, 1.82) is 0 Å². The van der Waals surface area contributed by atoms with Crippen molar-refractivity contribution < 1.29 is 19.0 Å². The van der Waals surface area contributed by atoms with Crippen molar-refractivity contribution in [3.05, 3.63) is 29.6 Å². The third kappa shape index (κ3) is 4.40. The van der Waals surface area contributed by atoms with Crippen molar-refractivity contribution in [2.24, 2.45) is 0 Å². The normalized spacial score (nSPS) is 10.1. The molecule has 1 amide bonds. The molecule has 0 saturated carbocycles. The smallest absolute Gasteiger partial charge is 0.220 e. The van der Waals surface area contributed by atoms with E-state index in [1.807, 2.05) is 0 Å². The summed E-state index contributed by atoms with van der Waals surface area (Å²) in [6.45, 7) is 0.196. The monoisotopic (exact) mass is 241 g/mol. The van der Waals surface area contributed by atoms with Gasteiger partial charge in [0.2, 0.25) is 5.91 Å². The van der Waals surface area contributed by atoms with Gasteiger partial charge in [0.05, 0.1) is 7.11 Å². The second-order valence-electron chi connectivity index (χ2n) is 3.56. The first kappa shape index (κ1) is 13.4. The number of aliphatic hydroxyl groups is 1. The molecule has 0 unspecified atom stereocenters. The molecular formula is C12H16FNO3. The SMILES string of the molecule is COc1ccc(F)cc1CNC(=O)CCCO. The van der Waals surface area contributed by atoms with Crippen LogP contribution in [-0.2, 0) is 11.3 Å². The number of benzene rings is 1. The first-order valence-corrected chi connectivity index (χ1v) is 5.37. The zero-order valence-corrected chi connectivity index (χ0v) is 9.70. The number of halogens is 1. The molecule has 1 aromatic rings. The summed E-state index contributed by atoms with van der Waals surface area (Å²) in [7, 11) is 1.49. The predicted molar refractivity (Wildman–Crippen MR) is 61.1 cm³/mol. The molecular weight excluding hydrogens is 225 g/mol. The van der Waals surface area contributed by atoms with Crippen molar-refractivity contribution in [2.45, 2.75) is 19.4 Å². The van der Waals surface area contributed by atoms with Crippen LogP contribution in [0.4, 0.5) is 4.39 Å². The molecule has 0 heterocycles. The number of hydrogen-bond donors (Lipinski definition) is 2. The Bertz CT molecular complexity index is 382. The molecule has 0 fully saturated rings. The van der Waals surface area contributed by atoms with Crippen molar-refractivity contribution in [3.63, 3.8) is 0 Å². The van der Waals surface area contributed by atoms with E-state index in [9.17, 15) is 9.18 Å². The zero-order chi connectivity index (χ0) is 12.7. The quantitative estimate of drug-likeness (QED) is 0.787. The fourth-order valence-electron chi connectivity index (χ4n) is 1.41. The minimum Gasteiger partial charge on any atom is -0.496 e. The molecule has 0 radical (unpaired) electrons. The highest BCUT2D eigenvalue weighted by molar-refractivity contribution is 5.75. The molecule has 1 rings (SSSR count). The third-order valence-corrected chi connectivity index (χ3v) is 2.28. The highest BCUT2D eigenvalue weighted by Crippen LogP contribution is 2.18. The molecule has 1 aromatic carbocycles. The van der Waals surface area contributed by atoms with Gasteiger partial charge in [0.1, 0.15) is 11.6 Å². The lowest BCUT2D eigenvalue weighted by Gasteiger charge is -2.09. The lowest BCUT2D eigenvalue weighted by molar-refractivity contribution is -0.121. The highest BCUT2D eigenvalue weighted by Gasteiger charge is 2.06. The number of aliphatic hydroxyl groups excluding tert-OH is 1. The van der Waals surface area contributed by atoms with Gasteiger partial charge >= 0.3 is 0 Å². The van der Waals surface area contributed by atoms with Crippen LogP contribution in [0.25, 0.3) is 0 Å². The van der Waals surface area contributed by atoms with Crippen LogP contribution in [0.15, 0.2) is 18.2 Å². The van der Waals surface area contributed by atoms with E-state index in [2.05, 4.69) is 5.32 Å². The number of carbonyl (C=O) groups excluding carboxylic acids is 1. The maximum atomic E-state index is 13.0. The number of methoxy groups -OCH3 is 1. The molecule has 0 atom stereocenters. The third-order valence-electron chi connectivity index (χ3n) is 2.28. The molecule has 0 aliphatic rings. The molecule has 17 heavy (non-hydrogen) atoms. The zero-order valence-electron chi connectivity index (χ0n) is 9.70. The van der Waals surface area contributed by atoms with Crippen LogP contribution in [0, 0.1) is 5.82 Å². The lowest BCUT2D eigenvalue weighted by atomic mass is 10.2. The molecule has 0 bridgehead atoms. The second-order valence-corrected chi connectivity index (χ2v) is 3.56. The maximum Gasteiger partial charge on any atom is 0.220 e. The molecule has 0 aromatic heterocycles. The van der Waals surface area contributed by atoms with E-state index in [1.54, 1.807) is 0 Å². The molecule has 0 saturated heterocycles. The molecule has 0 aliphatic heterocycles. The Labute approximate surface area is 99.4 Å². The van der Waals surface area contributed by atoms with Gasteiger partial charge in [-0.25, -0.2) is 4.39 Å². The van der Waals surface area contributed by atoms with Crippen LogP contribution in [0.1, 0.15) is 18.4 Å². The summed E-state index contributed by atoms with van der Waals surface area (Å²) >= 11 is 0. The van der Waals surface area contributed by atoms with Gasteiger partial charge in [0, 0.05) is 25.1 Å². The second kappa shape index (κ2) is 6.85. The Kier molecular flexibility index (Phi) is 5.42. The van der Waals surface area contributed by atoms with E-state index in [0.717, 1.165) is 0 Å². The van der Waals surface area contributed by atoms with Gasteiger partial charge in [-0.15, -0.1) is 0 Å². The summed E-state index contributed by atoms with van der Waals surface area (Å²) in [5.74, 6) is -0.00960. The number of carbonyl (C=O) groups is 1. The van der Waals surface area contributed by atoms with Crippen LogP contribution in [0.2, 0.25) is 0 Å². The van der Waals surface area contributed by atoms with E-state index in [1.165, 1.54) is 25.3 Å². The minimum absolute atomic E-state index is 0.0172. The maximum absolute atomic E-state index is 13.0. The van der Waals surface area contributed by atoms with Crippen molar-refractivity contribution in [3.8, 4) is 5.75 Å². The summed E-state index contributed by atoms with van der Waals surface area (Å²) in [6, 6.07) is 4.14. The first-order valence-electron chi connectivity index (χ1n) is 5.37. The number of rotatable bonds is 6. The number of nitrogens with one attached hydrogen (secondary N) is 1. The van der Waals surface area contributed by atoms with Gasteiger partial charge in [-0.1, -0.05) is 0 Å². The average Bonchev–Trinajstić information content (AvgIpc) is 2.34. The Morgan fingerprint density at radius 3 is 2.94 bits per heavy atom. The van der Waals surface area contributed by atoms with Gasteiger partial charge < -0.3 is 15.2 Å². The minimum atomic E-state index is -0.370. The molecule has 5 heteroatoms. The average molecular weight is 241 g/mol. The van der Waals surface area contributed by atoms with Crippen LogP contribution in [0.5, 0.6) is 5.75 Å². The molecule has 0 spiro atoms. The van der Waals surface area contributed by atoms with Crippen molar-refractivity contribution in [2.75, 3.05) is 13.7 Å². The summed E-state index contributed by atoms with van der Waals surface area (Å²) in [5, 5.41) is 11.2. The first-order chi connectivity index (χ1) is 8.17. The summed E-state index contributed by atoms with van der Waals surface area (Å²) in [5.41, 5.74) is 0.588. The Morgan fingerprint density at radius 2 is 2.29 bits per heavy atom. The van der Waals surface area contributed by atoms with E-state index >= 15 is 0 Å². The van der Waals surface area contributed by atoms with E-state index in [-0.39, 0.29) is 31.3 Å². The van der Waals surface area contributed by atoms with Gasteiger partial charge in [0.15, 0.2) is 0 Å². The molecule has 4 nitrogen and oxygen atoms in total. The Balaban J connectivity index is 2.56. The van der Waals surface area contributed by atoms with Crippen LogP contribution >= 0.6 is 0 Å². The van der Waals surface area contributed by atoms with Crippen LogP contribution in [0.3, 0.4) is 0 Å². The van der Waals surface area contributed by atoms with Crippen molar-refractivity contribution in [1.82, 2.24) is 5.32 Å². The largest absolute Gasteiger partial charge is 0.496 e. The number of amides is 1. The fourth-order valence-corrected chi connectivity index (χ4v) is 1.41. The van der Waals surface area contributed by atoms with Gasteiger partial charge in [-0.2, -0.15) is 0 Å². The highest BCUT2D eigenvalue weighted by atomic mass is 19.1. The van der Waals surface area contributed by atoms with Crippen molar-refractivity contribution >= 4 is 5.91 Å². The van der Waals surface area contributed by atoms with E-state index in [4.69, 9.17) is 9.84 Å². The standard InChI is InChI=1S/C12H16FNO3/c1-17-11-5-4-10(13)7-9(11)8-14-12(16)3-2-6-15/h4-5,7,15H,2-3,6,8H2,1H3,(H,14,16). The fraction of sp³-hybridized carbons (Fsp3) is 0.417. The van der Waals surface area contributed by atoms with Crippen LogP contribution < -0.4 is 10.1 Å². The summed E-state index contributed by atoms with van der Waals surface area (Å²) in [6.07, 6.45) is 0.681. The van der Waals surface area contributed by atoms with Gasteiger partial charge in [-0.3, -0.25) is 4.79 Å². The van der Waals surface area contributed by atoms with Gasteiger partial charge in [-0.05, 0) is 24.6 Å². The number of ether oxygens (including phenoxy) is 1. The molecule has 2 N–H and O–H groups in total. The van der Waals surface area contributed by atoms with Gasteiger partial charge in [0.25, 0.3) is 0 Å². The Morgan fingerprint density at radius 1 is 1.53 bits per heavy atom. The van der Waals surface area contributed by atoms with E-state index < -0.39 is 0 Å². The molecule has 94 valence electrons. The topological polar surface area (TPSA) is 58.6 Å². The van der Waals surface area contributed by atoms with E-state index in [0.29, 0.717) is 17.7 Å². The summed E-state index contributed by atoms with van der Waals surface area (Å²) in [4.78, 5) is 11.3. The summed E-state index contributed by atoms with van der Waals surface area (Å²) < 4.78 is 18.1. The lowest BCUT2D eigenvalue weighted by Crippen LogP contribution is -2.23. The molecule has 0 aliphatic carbocycles. The predicted octanol–water partition coefficient (Wildman–Crippen LogP) is 1.22.